The number of hydrogen-bond donors (Lipinski definition) is 0. The lowest BCUT2D eigenvalue weighted by atomic mass is 9.97. The molecule has 2 heterocycles. The molecule has 1 aliphatic heterocycles. The fourth-order valence-electron chi connectivity index (χ4n) is 5.01. The number of aryl methyl sites for hydroxylation is 2. The van der Waals surface area contributed by atoms with Gasteiger partial charge in [-0.1, -0.05) is 29.4 Å². The van der Waals surface area contributed by atoms with E-state index >= 15 is 0 Å². The summed E-state index contributed by atoms with van der Waals surface area (Å²) in [6.07, 6.45) is 4.11. The summed E-state index contributed by atoms with van der Waals surface area (Å²) in [7, 11) is 5.88. The van der Waals surface area contributed by atoms with Crippen LogP contribution in [0.1, 0.15) is 33.5 Å². The fourth-order valence-corrected chi connectivity index (χ4v) is 5.01. The second kappa shape index (κ2) is 10.6. The van der Waals surface area contributed by atoms with Crippen LogP contribution in [0.3, 0.4) is 0 Å². The third-order valence-corrected chi connectivity index (χ3v) is 6.96. The van der Waals surface area contributed by atoms with E-state index in [0.29, 0.717) is 17.9 Å². The molecule has 0 fully saturated rings. The number of aromatic nitrogens is 2. The molecule has 37 heavy (non-hydrogen) atoms. The van der Waals surface area contributed by atoms with E-state index in [1.165, 1.54) is 6.39 Å². The van der Waals surface area contributed by atoms with Gasteiger partial charge in [0.2, 0.25) is 12.2 Å². The first-order valence-electron chi connectivity index (χ1n) is 12.6. The Kier molecular flexibility index (Phi) is 7.06. The Balaban J connectivity index is 1.35. The highest BCUT2D eigenvalue weighted by atomic mass is 16.5. The van der Waals surface area contributed by atoms with Crippen molar-refractivity contribution in [3.8, 4) is 28.3 Å². The van der Waals surface area contributed by atoms with Gasteiger partial charge in [0.25, 0.3) is 5.91 Å². The van der Waals surface area contributed by atoms with Crippen molar-refractivity contribution in [3.63, 3.8) is 0 Å². The Morgan fingerprint density at radius 1 is 1.08 bits per heavy atom. The number of amides is 1. The number of carbonyl (C=O) groups excluding carboxylic acids is 1. The number of hydrogen-bond acceptors (Lipinski definition) is 6. The zero-order valence-corrected chi connectivity index (χ0v) is 21.8. The first kappa shape index (κ1) is 24.7. The quantitative estimate of drug-likeness (QED) is 0.325. The summed E-state index contributed by atoms with van der Waals surface area (Å²) in [6.45, 7) is 3.74. The van der Waals surface area contributed by atoms with Crippen molar-refractivity contribution in [2.45, 2.75) is 26.2 Å². The molecule has 0 N–H and O–H groups in total. The minimum atomic E-state index is 0.0267. The average Bonchev–Trinajstić information content (AvgIpc) is 3.58. The summed E-state index contributed by atoms with van der Waals surface area (Å²) in [5.41, 5.74) is 8.17. The molecule has 7 heteroatoms. The summed E-state index contributed by atoms with van der Waals surface area (Å²) in [4.78, 5) is 21.7. The second-order valence-electron chi connectivity index (χ2n) is 9.77. The topological polar surface area (TPSA) is 71.7 Å². The Morgan fingerprint density at radius 3 is 2.54 bits per heavy atom. The standard InChI is InChI=1S/C30H32N4O3/c1-20-16-25(29-31-19-37-32-29)11-12-26(20)21-7-9-22(10-8-21)30(35)34-15-13-23-18-28(36-4)24(17-27(23)34)6-5-14-33(2)3/h7-12,16-19H,5-6,13-15H2,1-4H3. The van der Waals surface area contributed by atoms with Crippen LogP contribution in [0.2, 0.25) is 0 Å². The maximum atomic E-state index is 13.5. The van der Waals surface area contributed by atoms with Gasteiger partial charge in [-0.05, 0) is 105 Å². The average molecular weight is 497 g/mol. The number of carbonyl (C=O) groups is 1. The van der Waals surface area contributed by atoms with E-state index in [1.807, 2.05) is 41.3 Å². The Labute approximate surface area is 217 Å². The Bertz CT molecular complexity index is 1400. The molecule has 190 valence electrons. The number of nitrogens with zero attached hydrogens (tertiary/aromatic N) is 4. The molecule has 7 nitrogen and oxygen atoms in total. The van der Waals surface area contributed by atoms with Gasteiger partial charge >= 0.3 is 0 Å². The van der Waals surface area contributed by atoms with E-state index < -0.39 is 0 Å². The van der Waals surface area contributed by atoms with Crippen LogP contribution in [-0.4, -0.2) is 55.2 Å². The molecular weight excluding hydrogens is 464 g/mol. The van der Waals surface area contributed by atoms with Crippen LogP contribution in [0.4, 0.5) is 5.69 Å². The van der Waals surface area contributed by atoms with Crippen molar-refractivity contribution >= 4 is 11.6 Å². The second-order valence-corrected chi connectivity index (χ2v) is 9.77. The van der Waals surface area contributed by atoms with Crippen LogP contribution >= 0.6 is 0 Å². The van der Waals surface area contributed by atoms with Crippen molar-refractivity contribution in [2.75, 3.05) is 39.2 Å². The normalized spacial score (nSPS) is 12.7. The number of methoxy groups -OCH3 is 1. The van der Waals surface area contributed by atoms with Gasteiger partial charge in [0.1, 0.15) is 5.75 Å². The third-order valence-electron chi connectivity index (χ3n) is 6.96. The maximum Gasteiger partial charge on any atom is 0.258 e. The van der Waals surface area contributed by atoms with Crippen LogP contribution in [0.5, 0.6) is 5.75 Å². The molecule has 0 atom stereocenters. The molecule has 0 aliphatic carbocycles. The lowest BCUT2D eigenvalue weighted by Gasteiger charge is -2.20. The predicted molar refractivity (Wildman–Crippen MR) is 145 cm³/mol. The van der Waals surface area contributed by atoms with Crippen LogP contribution < -0.4 is 9.64 Å². The molecule has 4 aromatic rings. The van der Waals surface area contributed by atoms with E-state index in [1.54, 1.807) is 7.11 Å². The predicted octanol–water partition coefficient (Wildman–Crippen LogP) is 5.42. The highest BCUT2D eigenvalue weighted by molar-refractivity contribution is 6.07. The maximum absolute atomic E-state index is 13.5. The van der Waals surface area contributed by atoms with E-state index in [0.717, 1.165) is 70.6 Å². The number of rotatable bonds is 8. The van der Waals surface area contributed by atoms with Gasteiger partial charge in [-0.25, -0.2) is 0 Å². The minimum Gasteiger partial charge on any atom is -0.496 e. The molecule has 1 amide bonds. The van der Waals surface area contributed by atoms with Crippen molar-refractivity contribution in [1.82, 2.24) is 15.0 Å². The van der Waals surface area contributed by atoms with Crippen molar-refractivity contribution < 1.29 is 14.1 Å². The molecule has 0 unspecified atom stereocenters. The molecule has 3 aromatic carbocycles. The van der Waals surface area contributed by atoms with Crippen LogP contribution in [-0.2, 0) is 12.8 Å². The molecule has 5 rings (SSSR count). The summed E-state index contributed by atoms with van der Waals surface area (Å²) in [5, 5.41) is 3.91. The molecule has 0 saturated heterocycles. The number of ether oxygens (including phenoxy) is 1. The van der Waals surface area contributed by atoms with Gasteiger partial charge in [0.05, 0.1) is 7.11 Å². The lowest BCUT2D eigenvalue weighted by Crippen LogP contribution is -2.28. The molecule has 1 aromatic heterocycles. The molecule has 0 bridgehead atoms. The largest absolute Gasteiger partial charge is 0.496 e. The SMILES string of the molecule is COc1cc2c(cc1CCCN(C)C)N(C(=O)c1ccc(-c3ccc(-c4ncon4)cc3C)cc1)CC2. The number of fused-ring (bicyclic) bond motifs is 1. The molecule has 0 saturated carbocycles. The summed E-state index contributed by atoms with van der Waals surface area (Å²) < 4.78 is 10.5. The smallest absolute Gasteiger partial charge is 0.258 e. The molecule has 1 aliphatic rings. The highest BCUT2D eigenvalue weighted by Crippen LogP contribution is 2.36. The zero-order valence-electron chi connectivity index (χ0n) is 21.8. The van der Waals surface area contributed by atoms with E-state index in [4.69, 9.17) is 9.26 Å². The van der Waals surface area contributed by atoms with E-state index in [2.05, 4.69) is 54.3 Å². The van der Waals surface area contributed by atoms with Gasteiger partial charge in [-0.3, -0.25) is 4.79 Å². The number of anilines is 1. The van der Waals surface area contributed by atoms with Gasteiger partial charge < -0.3 is 19.1 Å². The Morgan fingerprint density at radius 2 is 1.86 bits per heavy atom. The molecule has 0 radical (unpaired) electrons. The van der Waals surface area contributed by atoms with Crippen molar-refractivity contribution in [2.24, 2.45) is 0 Å². The van der Waals surface area contributed by atoms with Crippen LogP contribution in [0, 0.1) is 6.92 Å². The van der Waals surface area contributed by atoms with Gasteiger partial charge in [0.15, 0.2) is 0 Å². The number of benzene rings is 3. The first-order chi connectivity index (χ1) is 17.9. The minimum absolute atomic E-state index is 0.0267. The summed E-state index contributed by atoms with van der Waals surface area (Å²) >= 11 is 0. The molecular formula is C30H32N4O3. The van der Waals surface area contributed by atoms with Gasteiger partial charge in [-0.15, -0.1) is 0 Å². The van der Waals surface area contributed by atoms with Gasteiger partial charge in [-0.2, -0.15) is 4.98 Å². The lowest BCUT2D eigenvalue weighted by molar-refractivity contribution is 0.0989. The zero-order chi connectivity index (χ0) is 25.9. The third kappa shape index (κ3) is 5.13. The fraction of sp³-hybridized carbons (Fsp3) is 0.300. The summed E-state index contributed by atoms with van der Waals surface area (Å²) in [5.74, 6) is 1.51. The highest BCUT2D eigenvalue weighted by Gasteiger charge is 2.27. The van der Waals surface area contributed by atoms with E-state index in [-0.39, 0.29) is 5.91 Å². The first-order valence-corrected chi connectivity index (χ1v) is 12.6. The van der Waals surface area contributed by atoms with Crippen LogP contribution in [0.15, 0.2) is 65.5 Å². The summed E-state index contributed by atoms with van der Waals surface area (Å²) in [6, 6.07) is 18.2. The Hall–Kier alpha value is -3.97. The van der Waals surface area contributed by atoms with E-state index in [9.17, 15) is 4.79 Å². The van der Waals surface area contributed by atoms with Crippen LogP contribution in [0.25, 0.3) is 22.5 Å². The molecule has 0 spiro atoms. The van der Waals surface area contributed by atoms with Crippen molar-refractivity contribution in [1.29, 1.82) is 0 Å². The van der Waals surface area contributed by atoms with Crippen molar-refractivity contribution in [3.05, 3.63) is 83.2 Å². The monoisotopic (exact) mass is 496 g/mol. The van der Waals surface area contributed by atoms with Gasteiger partial charge in [0, 0.05) is 23.4 Å².